The molecule has 132 valence electrons. The quantitative estimate of drug-likeness (QED) is 0.751. The molecule has 1 aromatic carbocycles. The van der Waals surface area contributed by atoms with E-state index < -0.39 is 5.60 Å². The molecule has 0 fully saturated rings. The van der Waals surface area contributed by atoms with Gasteiger partial charge in [-0.3, -0.25) is 4.98 Å². The molecule has 0 saturated carbocycles. The van der Waals surface area contributed by atoms with Gasteiger partial charge < -0.3 is 9.64 Å². The second-order valence-corrected chi connectivity index (χ2v) is 7.51. The number of fused-ring (bicyclic) bond motifs is 1. The van der Waals surface area contributed by atoms with E-state index in [1.165, 1.54) is 12.1 Å². The Bertz CT molecular complexity index is 781. The molecule has 1 aliphatic heterocycles. The number of carbonyl (C=O) groups is 1. The predicted octanol–water partition coefficient (Wildman–Crippen LogP) is 4.74. The van der Waals surface area contributed by atoms with Crippen molar-refractivity contribution in [3.05, 3.63) is 53.5 Å². The van der Waals surface area contributed by atoms with Crippen LogP contribution in [0.3, 0.4) is 0 Å². The molecule has 2 heterocycles. The molecule has 0 bridgehead atoms. The summed E-state index contributed by atoms with van der Waals surface area (Å²) in [6.45, 7) is 8.71. The van der Waals surface area contributed by atoms with Gasteiger partial charge in [-0.2, -0.15) is 0 Å². The Labute approximate surface area is 147 Å². The first-order valence-corrected chi connectivity index (χ1v) is 8.46. The molecule has 1 atom stereocenters. The Morgan fingerprint density at radius 1 is 1.20 bits per heavy atom. The molecule has 2 aromatic rings. The minimum Gasteiger partial charge on any atom is -0.444 e. The molecule has 0 spiro atoms. The van der Waals surface area contributed by atoms with Crippen LogP contribution in [-0.4, -0.2) is 28.1 Å². The third kappa shape index (κ3) is 3.98. The lowest BCUT2D eigenvalue weighted by atomic mass is 9.95. The summed E-state index contributed by atoms with van der Waals surface area (Å²) in [4.78, 5) is 18.8. The van der Waals surface area contributed by atoms with E-state index in [-0.39, 0.29) is 17.8 Å². The van der Waals surface area contributed by atoms with Crippen molar-refractivity contribution in [2.24, 2.45) is 0 Å². The largest absolute Gasteiger partial charge is 0.444 e. The van der Waals surface area contributed by atoms with E-state index in [9.17, 15) is 9.18 Å². The Balaban J connectivity index is 1.84. The molecular weight excluding hydrogens is 319 g/mol. The van der Waals surface area contributed by atoms with Crippen molar-refractivity contribution < 1.29 is 13.9 Å². The molecule has 0 N–H and O–H groups in total. The molecule has 25 heavy (non-hydrogen) atoms. The van der Waals surface area contributed by atoms with Gasteiger partial charge >= 0.3 is 6.09 Å². The average Bonchev–Trinajstić information content (AvgIpc) is 2.53. The van der Waals surface area contributed by atoms with Crippen molar-refractivity contribution in [2.45, 2.75) is 45.8 Å². The monoisotopic (exact) mass is 342 g/mol. The van der Waals surface area contributed by atoms with E-state index in [0.717, 1.165) is 22.5 Å². The van der Waals surface area contributed by atoms with Gasteiger partial charge in [-0.1, -0.05) is 13.0 Å². The fourth-order valence-electron chi connectivity index (χ4n) is 3.00. The van der Waals surface area contributed by atoms with Gasteiger partial charge in [0, 0.05) is 18.0 Å². The van der Waals surface area contributed by atoms with E-state index in [0.29, 0.717) is 13.1 Å². The van der Waals surface area contributed by atoms with Crippen LogP contribution in [0.25, 0.3) is 11.3 Å². The lowest BCUT2D eigenvalue weighted by Gasteiger charge is -2.34. The smallest absolute Gasteiger partial charge is 0.410 e. The topological polar surface area (TPSA) is 42.4 Å². The van der Waals surface area contributed by atoms with Crippen LogP contribution in [0.4, 0.5) is 9.18 Å². The minimum absolute atomic E-state index is 0.108. The molecular formula is C20H23FN2O2. The highest BCUT2D eigenvalue weighted by Gasteiger charge is 2.30. The first kappa shape index (κ1) is 17.4. The molecule has 1 unspecified atom stereocenters. The summed E-state index contributed by atoms with van der Waals surface area (Å²) in [6, 6.07) is 10.2. The van der Waals surface area contributed by atoms with Crippen LogP contribution in [0.5, 0.6) is 0 Å². The van der Waals surface area contributed by atoms with Gasteiger partial charge in [0.25, 0.3) is 0 Å². The number of nitrogens with zero attached hydrogens (tertiary/aromatic N) is 2. The normalized spacial score (nSPS) is 17.2. The number of benzene rings is 1. The summed E-state index contributed by atoms with van der Waals surface area (Å²) in [5.74, 6) is -0.153. The number of halogens is 1. The van der Waals surface area contributed by atoms with Crippen molar-refractivity contribution in [1.29, 1.82) is 0 Å². The zero-order valence-corrected chi connectivity index (χ0v) is 15.0. The van der Waals surface area contributed by atoms with Crippen molar-refractivity contribution in [1.82, 2.24) is 9.88 Å². The van der Waals surface area contributed by atoms with Crippen LogP contribution in [0.2, 0.25) is 0 Å². The molecule has 0 aliphatic carbocycles. The summed E-state index contributed by atoms with van der Waals surface area (Å²) < 4.78 is 18.6. The maximum Gasteiger partial charge on any atom is 0.410 e. The number of aromatic nitrogens is 1. The van der Waals surface area contributed by atoms with Crippen molar-refractivity contribution in [3.63, 3.8) is 0 Å². The van der Waals surface area contributed by atoms with E-state index in [1.807, 2.05) is 32.9 Å². The highest BCUT2D eigenvalue weighted by Crippen LogP contribution is 2.30. The van der Waals surface area contributed by atoms with Gasteiger partial charge in [0.15, 0.2) is 0 Å². The lowest BCUT2D eigenvalue weighted by molar-refractivity contribution is 0.0207. The van der Waals surface area contributed by atoms with Crippen LogP contribution < -0.4 is 0 Å². The molecule has 3 rings (SSSR count). The summed E-state index contributed by atoms with van der Waals surface area (Å²) in [6.07, 6.45) is -0.299. The fourth-order valence-corrected chi connectivity index (χ4v) is 3.00. The van der Waals surface area contributed by atoms with E-state index in [4.69, 9.17) is 9.72 Å². The second-order valence-electron chi connectivity index (χ2n) is 7.51. The van der Waals surface area contributed by atoms with Gasteiger partial charge in [-0.05, 0) is 56.7 Å². The van der Waals surface area contributed by atoms with E-state index in [1.54, 1.807) is 17.0 Å². The number of pyridine rings is 1. The molecule has 1 aliphatic rings. The summed E-state index contributed by atoms with van der Waals surface area (Å²) >= 11 is 0. The van der Waals surface area contributed by atoms with Gasteiger partial charge in [-0.25, -0.2) is 9.18 Å². The number of hydrogen-bond acceptors (Lipinski definition) is 3. The Hall–Kier alpha value is -2.43. The van der Waals surface area contributed by atoms with Gasteiger partial charge in [0.05, 0.1) is 17.9 Å². The number of amides is 1. The lowest BCUT2D eigenvalue weighted by Crippen LogP contribution is -2.41. The van der Waals surface area contributed by atoms with Crippen molar-refractivity contribution in [2.75, 3.05) is 6.54 Å². The Kier molecular flexibility index (Phi) is 4.50. The van der Waals surface area contributed by atoms with Crippen LogP contribution in [-0.2, 0) is 11.3 Å². The second kappa shape index (κ2) is 6.47. The van der Waals surface area contributed by atoms with Gasteiger partial charge in [-0.15, -0.1) is 0 Å². The Morgan fingerprint density at radius 2 is 1.88 bits per heavy atom. The first-order chi connectivity index (χ1) is 11.7. The van der Waals surface area contributed by atoms with E-state index in [2.05, 4.69) is 6.92 Å². The summed E-state index contributed by atoms with van der Waals surface area (Å²) in [7, 11) is 0. The Morgan fingerprint density at radius 3 is 2.52 bits per heavy atom. The van der Waals surface area contributed by atoms with E-state index >= 15 is 0 Å². The van der Waals surface area contributed by atoms with Crippen molar-refractivity contribution in [3.8, 4) is 11.3 Å². The molecule has 0 saturated heterocycles. The number of carbonyl (C=O) groups excluding carboxylic acids is 1. The minimum atomic E-state index is -0.509. The van der Waals surface area contributed by atoms with Crippen molar-refractivity contribution >= 4 is 6.09 Å². The highest BCUT2D eigenvalue weighted by atomic mass is 19.1. The summed E-state index contributed by atoms with van der Waals surface area (Å²) in [5, 5.41) is 0. The highest BCUT2D eigenvalue weighted by molar-refractivity contribution is 5.69. The predicted molar refractivity (Wildman–Crippen MR) is 94.7 cm³/mol. The fraction of sp³-hybridized carbons (Fsp3) is 0.400. The molecule has 5 heteroatoms. The summed E-state index contributed by atoms with van der Waals surface area (Å²) in [5.41, 5.74) is 3.20. The van der Waals surface area contributed by atoms with Crippen LogP contribution >= 0.6 is 0 Å². The maximum absolute atomic E-state index is 13.1. The number of ether oxygens (including phenoxy) is 1. The van der Waals surface area contributed by atoms with Crippen LogP contribution in [0, 0.1) is 5.82 Å². The molecule has 1 aromatic heterocycles. The molecule has 0 radical (unpaired) electrons. The van der Waals surface area contributed by atoms with Gasteiger partial charge in [0.1, 0.15) is 11.4 Å². The van der Waals surface area contributed by atoms with Crippen LogP contribution in [0.1, 0.15) is 44.9 Å². The average molecular weight is 342 g/mol. The zero-order chi connectivity index (χ0) is 18.2. The van der Waals surface area contributed by atoms with Gasteiger partial charge in [0.2, 0.25) is 0 Å². The molecule has 1 amide bonds. The maximum atomic E-state index is 13.1. The van der Waals surface area contributed by atoms with Crippen LogP contribution in [0.15, 0.2) is 36.4 Å². The number of rotatable bonds is 1. The molecule has 4 nitrogen and oxygen atoms in total. The third-order valence-corrected chi connectivity index (χ3v) is 4.13. The SMILES string of the molecule is CC1CN(C(=O)OC(C)(C)C)Cc2ccc(-c3ccc(F)cc3)nc21. The standard InChI is InChI=1S/C20H23FN2O2/c1-13-11-23(19(24)25-20(2,3)4)12-15-7-10-17(22-18(13)15)14-5-8-16(21)9-6-14/h5-10,13H,11-12H2,1-4H3. The number of hydrogen-bond donors (Lipinski definition) is 0. The zero-order valence-electron chi connectivity index (χ0n) is 15.0. The first-order valence-electron chi connectivity index (χ1n) is 8.46. The third-order valence-electron chi connectivity index (χ3n) is 4.13.